The number of aliphatic hydroxyl groups excluding tert-OH is 1. The molecule has 0 atom stereocenters. The molecule has 184 valence electrons. The fraction of sp³-hybridized carbons (Fsp3) is 0.360. The summed E-state index contributed by atoms with van der Waals surface area (Å²) in [6.45, 7) is 7.54. The largest absolute Gasteiger partial charge is 0.473 e. The van der Waals surface area contributed by atoms with Crippen molar-refractivity contribution in [2.24, 2.45) is 0 Å². The normalized spacial score (nSPS) is 13.7. The number of hydrogen-bond donors (Lipinski definition) is 3. The number of nitriles is 1. The predicted octanol–water partition coefficient (Wildman–Crippen LogP) is 3.06. The van der Waals surface area contributed by atoms with Crippen LogP contribution in [-0.2, 0) is 16.0 Å². The highest BCUT2D eigenvalue weighted by Gasteiger charge is 2.20. The average Bonchev–Trinajstić information content (AvgIpc) is 3.36. The Morgan fingerprint density at radius 3 is 2.43 bits per heavy atom. The molecular formula is C25H28N4O5S. The summed E-state index contributed by atoms with van der Waals surface area (Å²) in [7, 11) is 0. The Kier molecular flexibility index (Phi) is 9.14. The first-order valence-electron chi connectivity index (χ1n) is 11.3. The Morgan fingerprint density at radius 1 is 1.11 bits per heavy atom. The number of likely N-dealkylation sites (N-methyl/N-ethyl adjacent to an activating group) is 1. The Bertz CT molecular complexity index is 1220. The molecule has 35 heavy (non-hydrogen) atoms. The van der Waals surface area contributed by atoms with Gasteiger partial charge in [-0.1, -0.05) is 19.1 Å². The number of thiophene rings is 1. The molecule has 3 heterocycles. The molecule has 1 fully saturated rings. The molecular weight excluding hydrogens is 468 g/mol. The van der Waals surface area contributed by atoms with Gasteiger partial charge in [0, 0.05) is 38.3 Å². The molecule has 9 nitrogen and oxygen atoms in total. The number of anilines is 1. The lowest BCUT2D eigenvalue weighted by atomic mass is 9.99. The third kappa shape index (κ3) is 6.54. The summed E-state index contributed by atoms with van der Waals surface area (Å²) in [5, 5.41) is 36.8. The maximum absolute atomic E-state index is 9.59. The van der Waals surface area contributed by atoms with Gasteiger partial charge < -0.3 is 25.1 Å². The zero-order chi connectivity index (χ0) is 25.4. The van der Waals surface area contributed by atoms with Crippen LogP contribution >= 0.6 is 11.3 Å². The first-order valence-corrected chi connectivity index (χ1v) is 12.2. The summed E-state index contributed by atoms with van der Waals surface area (Å²) < 4.78 is 1.23. The van der Waals surface area contributed by atoms with Crippen LogP contribution in [0.1, 0.15) is 24.5 Å². The van der Waals surface area contributed by atoms with Gasteiger partial charge >= 0.3 is 11.9 Å². The molecule has 3 aromatic rings. The van der Waals surface area contributed by atoms with E-state index in [1.54, 1.807) is 11.3 Å². The van der Waals surface area contributed by atoms with Crippen molar-refractivity contribution < 1.29 is 24.9 Å². The number of aliphatic hydroxyl groups is 1. The highest BCUT2D eigenvalue weighted by molar-refractivity contribution is 7.17. The second-order valence-corrected chi connectivity index (χ2v) is 8.93. The molecule has 3 N–H and O–H groups in total. The van der Waals surface area contributed by atoms with Gasteiger partial charge in [-0.3, -0.25) is 0 Å². The van der Waals surface area contributed by atoms with Gasteiger partial charge in [-0.2, -0.15) is 5.26 Å². The number of aliphatic carboxylic acids is 2. The Labute approximate surface area is 207 Å². The van der Waals surface area contributed by atoms with E-state index in [1.165, 1.54) is 10.1 Å². The fourth-order valence-electron chi connectivity index (χ4n) is 3.92. The molecule has 1 saturated heterocycles. The van der Waals surface area contributed by atoms with Crippen LogP contribution in [0.5, 0.6) is 0 Å². The summed E-state index contributed by atoms with van der Waals surface area (Å²) in [4.78, 5) is 28.1. The molecule has 0 aliphatic carbocycles. The summed E-state index contributed by atoms with van der Waals surface area (Å²) >= 11 is 1.74. The van der Waals surface area contributed by atoms with E-state index in [2.05, 4.69) is 40.3 Å². The van der Waals surface area contributed by atoms with Crippen molar-refractivity contribution in [3.8, 4) is 17.3 Å². The zero-order valence-electron chi connectivity index (χ0n) is 19.5. The van der Waals surface area contributed by atoms with Gasteiger partial charge in [0.05, 0.1) is 22.0 Å². The van der Waals surface area contributed by atoms with Crippen molar-refractivity contribution in [1.82, 2.24) is 9.88 Å². The number of piperazine rings is 1. The van der Waals surface area contributed by atoms with Crippen LogP contribution in [0.4, 0.5) is 5.82 Å². The van der Waals surface area contributed by atoms with E-state index >= 15 is 0 Å². The van der Waals surface area contributed by atoms with E-state index in [9.17, 15) is 5.26 Å². The minimum absolute atomic E-state index is 0.137. The van der Waals surface area contributed by atoms with Crippen LogP contribution in [0.3, 0.4) is 0 Å². The van der Waals surface area contributed by atoms with E-state index in [0.29, 0.717) is 18.4 Å². The zero-order valence-corrected chi connectivity index (χ0v) is 20.3. The molecule has 0 bridgehead atoms. The van der Waals surface area contributed by atoms with Crippen LogP contribution in [0, 0.1) is 11.3 Å². The van der Waals surface area contributed by atoms with Gasteiger partial charge in [0.25, 0.3) is 0 Å². The van der Waals surface area contributed by atoms with E-state index in [1.807, 2.05) is 18.2 Å². The molecule has 1 aliphatic heterocycles. The number of aromatic nitrogens is 1. The lowest BCUT2D eigenvalue weighted by molar-refractivity contribution is -0.159. The number of pyridine rings is 1. The monoisotopic (exact) mass is 496 g/mol. The van der Waals surface area contributed by atoms with Crippen molar-refractivity contribution in [2.75, 3.05) is 44.2 Å². The lowest BCUT2D eigenvalue weighted by Crippen LogP contribution is -2.46. The summed E-state index contributed by atoms with van der Waals surface area (Å²) in [5.41, 5.74) is 3.53. The van der Waals surface area contributed by atoms with Crippen LogP contribution in [-0.4, -0.2) is 76.5 Å². The molecule has 0 radical (unpaired) electrons. The van der Waals surface area contributed by atoms with Crippen molar-refractivity contribution >= 4 is 39.2 Å². The molecule has 0 amide bonds. The van der Waals surface area contributed by atoms with Crippen molar-refractivity contribution in [2.45, 2.75) is 19.8 Å². The van der Waals surface area contributed by atoms with Gasteiger partial charge in [0.2, 0.25) is 0 Å². The average molecular weight is 497 g/mol. The minimum Gasteiger partial charge on any atom is -0.473 e. The first kappa shape index (κ1) is 26.1. The summed E-state index contributed by atoms with van der Waals surface area (Å²) in [6.07, 6.45) is 1.38. The molecule has 4 rings (SSSR count). The Morgan fingerprint density at radius 2 is 1.83 bits per heavy atom. The SMILES string of the molecule is CCN1CCN(c2nc(-c3ccc(CCCO)c(C#N)c3)cc3ccsc23)CC1.O=C(O)C(=O)O. The number of nitrogens with zero attached hydrogens (tertiary/aromatic N) is 4. The fourth-order valence-corrected chi connectivity index (χ4v) is 4.82. The van der Waals surface area contributed by atoms with E-state index in [4.69, 9.17) is 29.9 Å². The van der Waals surface area contributed by atoms with E-state index in [-0.39, 0.29) is 6.61 Å². The quantitative estimate of drug-likeness (QED) is 0.440. The third-order valence-electron chi connectivity index (χ3n) is 5.85. The maximum atomic E-state index is 9.59. The second-order valence-electron chi connectivity index (χ2n) is 8.01. The third-order valence-corrected chi connectivity index (χ3v) is 6.78. The number of benzene rings is 1. The van der Waals surface area contributed by atoms with Crippen molar-refractivity contribution in [3.63, 3.8) is 0 Å². The highest BCUT2D eigenvalue weighted by atomic mass is 32.1. The predicted molar refractivity (Wildman–Crippen MR) is 135 cm³/mol. The smallest absolute Gasteiger partial charge is 0.414 e. The van der Waals surface area contributed by atoms with Gasteiger partial charge in [-0.15, -0.1) is 11.3 Å². The Hall–Kier alpha value is -3.52. The van der Waals surface area contributed by atoms with Gasteiger partial charge in [-0.25, -0.2) is 14.6 Å². The van der Waals surface area contributed by atoms with Crippen LogP contribution < -0.4 is 4.90 Å². The molecule has 1 aromatic carbocycles. The maximum Gasteiger partial charge on any atom is 0.414 e. The van der Waals surface area contributed by atoms with Crippen LogP contribution in [0.15, 0.2) is 35.7 Å². The summed E-state index contributed by atoms with van der Waals surface area (Å²) in [5.74, 6) is -2.59. The number of carbonyl (C=O) groups is 2. The van der Waals surface area contributed by atoms with Crippen LogP contribution in [0.25, 0.3) is 21.3 Å². The van der Waals surface area contributed by atoms with Gasteiger partial charge in [-0.05, 0) is 53.9 Å². The number of hydrogen-bond acceptors (Lipinski definition) is 8. The van der Waals surface area contributed by atoms with E-state index in [0.717, 1.165) is 55.4 Å². The molecule has 0 spiro atoms. The number of carboxylic acids is 2. The minimum atomic E-state index is -1.82. The Balaban J connectivity index is 0.000000509. The van der Waals surface area contributed by atoms with Crippen molar-refractivity contribution in [1.29, 1.82) is 5.26 Å². The van der Waals surface area contributed by atoms with Crippen LogP contribution in [0.2, 0.25) is 0 Å². The lowest BCUT2D eigenvalue weighted by Gasteiger charge is -2.35. The summed E-state index contributed by atoms with van der Waals surface area (Å²) in [6, 6.07) is 12.6. The standard InChI is InChI=1S/C23H26N4OS.C2H2O4/c1-2-26-8-10-27(11-9-26)23-22-19(7-13-29-22)15-21(25-23)18-6-5-17(4-3-12-28)20(14-18)16-24;3-1(4)2(5)6/h5-7,13-15,28H,2-4,8-12H2,1H3;(H,3,4)(H,5,6). The van der Waals surface area contributed by atoms with Gasteiger partial charge in [0.15, 0.2) is 0 Å². The van der Waals surface area contributed by atoms with Crippen molar-refractivity contribution in [3.05, 3.63) is 46.8 Å². The molecule has 0 unspecified atom stereocenters. The topological polar surface area (TPSA) is 138 Å². The molecule has 0 saturated carbocycles. The number of aryl methyl sites for hydroxylation is 1. The molecule has 1 aliphatic rings. The van der Waals surface area contributed by atoms with E-state index < -0.39 is 11.9 Å². The number of carboxylic acid groups (broad SMARTS) is 2. The first-order chi connectivity index (χ1) is 16.9. The molecule has 10 heteroatoms. The number of rotatable bonds is 6. The molecule has 2 aromatic heterocycles. The second kappa shape index (κ2) is 12.3. The number of fused-ring (bicyclic) bond motifs is 1. The van der Waals surface area contributed by atoms with Gasteiger partial charge in [0.1, 0.15) is 5.82 Å². The highest BCUT2D eigenvalue weighted by Crippen LogP contribution is 2.34.